The predicted octanol–water partition coefficient (Wildman–Crippen LogP) is 1.97. The Morgan fingerprint density at radius 1 is 1.21 bits per heavy atom. The number of morpholine rings is 1. The van der Waals surface area contributed by atoms with Crippen LogP contribution in [0.25, 0.3) is 0 Å². The van der Waals surface area contributed by atoms with E-state index in [9.17, 15) is 18.0 Å². The zero-order valence-electron chi connectivity index (χ0n) is 20.5. The fraction of sp³-hybridized carbons (Fsp3) is 0.667. The van der Waals surface area contributed by atoms with E-state index >= 15 is 0 Å². The number of ether oxygens (including phenoxy) is 1. The maximum absolute atomic E-state index is 13.1. The Labute approximate surface area is 203 Å². The van der Waals surface area contributed by atoms with Gasteiger partial charge in [-0.25, -0.2) is 8.42 Å². The number of aryl methyl sites for hydroxylation is 1. The number of sulfonamides is 1. The lowest BCUT2D eigenvalue weighted by Gasteiger charge is -2.35. The average molecular weight is 495 g/mol. The number of carbonyl (C=O) groups excluding carboxylic acids is 2. The molecule has 34 heavy (non-hydrogen) atoms. The average Bonchev–Trinajstić information content (AvgIpc) is 2.85. The second kappa shape index (κ2) is 12.1. The summed E-state index contributed by atoms with van der Waals surface area (Å²) in [5.41, 5.74) is 1.07. The molecule has 1 aromatic carbocycles. The summed E-state index contributed by atoms with van der Waals surface area (Å²) in [5.74, 6) is -0.279. The maximum Gasteiger partial charge on any atom is 0.243 e. The van der Waals surface area contributed by atoms with Gasteiger partial charge in [-0.15, -0.1) is 0 Å². The number of likely N-dealkylation sites (tertiary alicyclic amines) is 1. The molecule has 0 aromatic heterocycles. The molecule has 2 N–H and O–H groups in total. The van der Waals surface area contributed by atoms with Gasteiger partial charge in [-0.1, -0.05) is 19.4 Å². The van der Waals surface area contributed by atoms with Crippen molar-refractivity contribution < 1.29 is 22.7 Å². The number of nitrogens with zero attached hydrogens (tertiary/aromatic N) is 2. The molecule has 190 valence electrons. The van der Waals surface area contributed by atoms with E-state index in [0.29, 0.717) is 50.6 Å². The fourth-order valence-electron chi connectivity index (χ4n) is 4.40. The first kappa shape index (κ1) is 26.6. The van der Waals surface area contributed by atoms with E-state index < -0.39 is 16.1 Å². The molecule has 2 unspecified atom stereocenters. The van der Waals surface area contributed by atoms with Crippen molar-refractivity contribution in [1.82, 2.24) is 14.5 Å². The Bertz CT molecular complexity index is 962. The third-order valence-electron chi connectivity index (χ3n) is 6.62. The Hall–Kier alpha value is -2.01. The molecule has 2 aliphatic rings. The summed E-state index contributed by atoms with van der Waals surface area (Å²) in [6.45, 7) is 9.02. The van der Waals surface area contributed by atoms with E-state index in [0.717, 1.165) is 32.2 Å². The van der Waals surface area contributed by atoms with Gasteiger partial charge in [0.25, 0.3) is 0 Å². The van der Waals surface area contributed by atoms with Gasteiger partial charge >= 0.3 is 0 Å². The summed E-state index contributed by atoms with van der Waals surface area (Å²) in [6.07, 6.45) is 3.67. The topological polar surface area (TPSA) is 108 Å². The van der Waals surface area contributed by atoms with Gasteiger partial charge in [0.2, 0.25) is 21.8 Å². The number of anilines is 1. The molecule has 0 radical (unpaired) electrons. The zero-order valence-corrected chi connectivity index (χ0v) is 21.3. The second-order valence-corrected chi connectivity index (χ2v) is 11.0. The van der Waals surface area contributed by atoms with Crippen molar-refractivity contribution in [2.75, 3.05) is 51.3 Å². The minimum absolute atomic E-state index is 0.0576. The van der Waals surface area contributed by atoms with Crippen molar-refractivity contribution in [3.05, 3.63) is 23.8 Å². The first-order valence-corrected chi connectivity index (χ1v) is 13.7. The quantitative estimate of drug-likeness (QED) is 0.508. The highest BCUT2D eigenvalue weighted by atomic mass is 32.2. The molecule has 2 amide bonds. The van der Waals surface area contributed by atoms with Crippen LogP contribution < -0.4 is 10.6 Å². The lowest BCUT2D eigenvalue weighted by atomic mass is 9.95. The minimum Gasteiger partial charge on any atom is -0.379 e. The number of hydrogen-bond donors (Lipinski definition) is 2. The molecule has 0 bridgehead atoms. The summed E-state index contributed by atoms with van der Waals surface area (Å²) >= 11 is 0. The minimum atomic E-state index is -3.67. The molecule has 0 spiro atoms. The molecule has 2 atom stereocenters. The summed E-state index contributed by atoms with van der Waals surface area (Å²) < 4.78 is 33.0. The number of nitrogens with one attached hydrogen (secondary N) is 2. The van der Waals surface area contributed by atoms with Crippen molar-refractivity contribution >= 4 is 27.5 Å². The third kappa shape index (κ3) is 6.56. The second-order valence-electron chi connectivity index (χ2n) is 9.14. The van der Waals surface area contributed by atoms with Crippen molar-refractivity contribution in [1.29, 1.82) is 0 Å². The van der Waals surface area contributed by atoms with Crippen LogP contribution in [0.3, 0.4) is 0 Å². The molecule has 3 rings (SSSR count). The molecular weight excluding hydrogens is 456 g/mol. The number of hydrogen-bond acceptors (Lipinski definition) is 6. The highest BCUT2D eigenvalue weighted by Gasteiger charge is 2.31. The van der Waals surface area contributed by atoms with Crippen LogP contribution in [0.4, 0.5) is 5.69 Å². The van der Waals surface area contributed by atoms with E-state index in [1.54, 1.807) is 19.1 Å². The van der Waals surface area contributed by atoms with Gasteiger partial charge in [-0.3, -0.25) is 14.5 Å². The van der Waals surface area contributed by atoms with Crippen molar-refractivity contribution in [3.8, 4) is 0 Å². The number of benzene rings is 1. The van der Waals surface area contributed by atoms with Crippen LogP contribution >= 0.6 is 0 Å². The smallest absolute Gasteiger partial charge is 0.243 e. The van der Waals surface area contributed by atoms with E-state index in [1.807, 2.05) is 11.8 Å². The van der Waals surface area contributed by atoms with Crippen LogP contribution in [0.2, 0.25) is 0 Å². The molecule has 0 saturated carbocycles. The highest BCUT2D eigenvalue weighted by molar-refractivity contribution is 7.89. The third-order valence-corrected chi connectivity index (χ3v) is 8.66. The monoisotopic (exact) mass is 494 g/mol. The molecule has 1 aromatic rings. The van der Waals surface area contributed by atoms with Crippen LogP contribution in [-0.2, 0) is 24.3 Å². The molecule has 9 nitrogen and oxygen atoms in total. The highest BCUT2D eigenvalue weighted by Crippen LogP contribution is 2.25. The van der Waals surface area contributed by atoms with Crippen molar-refractivity contribution in [2.24, 2.45) is 5.92 Å². The normalized spacial score (nSPS) is 21.1. The van der Waals surface area contributed by atoms with Gasteiger partial charge in [0, 0.05) is 31.9 Å². The van der Waals surface area contributed by atoms with Crippen LogP contribution in [0, 0.1) is 12.8 Å². The fourth-order valence-corrected chi connectivity index (χ4v) is 6.06. The van der Waals surface area contributed by atoms with Gasteiger partial charge < -0.3 is 15.4 Å². The summed E-state index contributed by atoms with van der Waals surface area (Å²) in [6, 6.07) is 4.53. The van der Waals surface area contributed by atoms with Crippen LogP contribution in [0.15, 0.2) is 23.1 Å². The van der Waals surface area contributed by atoms with E-state index in [1.165, 1.54) is 10.4 Å². The number of carbonyl (C=O) groups is 2. The summed E-state index contributed by atoms with van der Waals surface area (Å²) in [5, 5.41) is 5.88. The Morgan fingerprint density at radius 2 is 1.94 bits per heavy atom. The summed E-state index contributed by atoms with van der Waals surface area (Å²) in [7, 11) is -3.67. The van der Waals surface area contributed by atoms with Gasteiger partial charge in [0.1, 0.15) is 0 Å². The van der Waals surface area contributed by atoms with Gasteiger partial charge in [-0.2, -0.15) is 4.31 Å². The largest absolute Gasteiger partial charge is 0.379 e. The Kier molecular flexibility index (Phi) is 9.47. The predicted molar refractivity (Wildman–Crippen MR) is 131 cm³/mol. The van der Waals surface area contributed by atoms with Crippen molar-refractivity contribution in [2.45, 2.75) is 57.4 Å². The summed E-state index contributed by atoms with van der Waals surface area (Å²) in [4.78, 5) is 27.7. The molecule has 2 heterocycles. The molecule has 2 saturated heterocycles. The number of rotatable bonds is 9. The number of amides is 2. The van der Waals surface area contributed by atoms with Crippen molar-refractivity contribution in [3.63, 3.8) is 0 Å². The van der Waals surface area contributed by atoms with E-state index in [-0.39, 0.29) is 22.6 Å². The molecule has 2 fully saturated rings. The zero-order chi connectivity index (χ0) is 24.7. The van der Waals surface area contributed by atoms with E-state index in [2.05, 4.69) is 17.6 Å². The maximum atomic E-state index is 13.1. The standard InChI is InChI=1S/C24H38N4O5S/c1-4-5-10-25-24(30)20-7-6-11-27(17-20)19(3)23(29)26-21-9-8-18(2)22(16-21)34(31,32)28-12-14-33-15-13-28/h8-9,16,19-20H,4-7,10-15,17H2,1-3H3,(H,25,30)(H,26,29). The Balaban J connectivity index is 1.64. The number of piperidine rings is 1. The molecular formula is C24H38N4O5S. The van der Waals surface area contributed by atoms with E-state index in [4.69, 9.17) is 4.74 Å². The lowest BCUT2D eigenvalue weighted by Crippen LogP contribution is -2.50. The van der Waals surface area contributed by atoms with Gasteiger partial charge in [-0.05, 0) is 57.4 Å². The molecule has 10 heteroatoms. The molecule has 2 aliphatic heterocycles. The van der Waals surface area contributed by atoms with Crippen LogP contribution in [0.5, 0.6) is 0 Å². The first-order valence-electron chi connectivity index (χ1n) is 12.2. The number of unbranched alkanes of at least 4 members (excludes halogenated alkanes) is 1. The van der Waals surface area contributed by atoms with Crippen LogP contribution in [-0.4, -0.2) is 81.4 Å². The molecule has 0 aliphatic carbocycles. The van der Waals surface area contributed by atoms with Crippen LogP contribution in [0.1, 0.15) is 45.1 Å². The van der Waals surface area contributed by atoms with Gasteiger partial charge in [0.05, 0.1) is 30.1 Å². The van der Waals surface area contributed by atoms with Gasteiger partial charge in [0.15, 0.2) is 0 Å². The first-order chi connectivity index (χ1) is 16.2. The SMILES string of the molecule is CCCCNC(=O)C1CCCN(C(C)C(=O)Nc2ccc(C)c(S(=O)(=O)N3CCOCC3)c2)C1. The Morgan fingerprint density at radius 3 is 2.65 bits per heavy atom. The lowest BCUT2D eigenvalue weighted by molar-refractivity contribution is -0.129.